The smallest absolute Gasteiger partial charge is 0.333 e. The molecule has 182 valence electrons. The van der Waals surface area contributed by atoms with Crippen molar-refractivity contribution in [2.45, 2.75) is 72.5 Å². The number of carbonyl (C=O) groups is 2. The molecule has 0 unspecified atom stereocenters. The Balaban J connectivity index is 1.73. The number of aromatic nitrogens is 4. The zero-order valence-electron chi connectivity index (χ0n) is 19.7. The van der Waals surface area contributed by atoms with E-state index in [1.165, 1.54) is 15.9 Å². The number of unbranched alkanes of at least 4 members (excludes halogenated alkanes) is 1. The van der Waals surface area contributed by atoms with E-state index in [9.17, 15) is 19.2 Å². The van der Waals surface area contributed by atoms with Gasteiger partial charge in [-0.2, -0.15) is 0 Å². The van der Waals surface area contributed by atoms with Crippen molar-refractivity contribution >= 4 is 39.3 Å². The Hall–Kier alpha value is -3.21. The van der Waals surface area contributed by atoms with Crippen LogP contribution in [0.1, 0.15) is 60.8 Å². The number of hydrogen-bond acceptors (Lipinski definition) is 6. The minimum absolute atomic E-state index is 0.132. The first kappa shape index (κ1) is 23.9. The molecule has 11 heteroatoms. The summed E-state index contributed by atoms with van der Waals surface area (Å²) < 4.78 is 4.17. The second kappa shape index (κ2) is 9.57. The van der Waals surface area contributed by atoms with E-state index in [-0.39, 0.29) is 5.92 Å². The van der Waals surface area contributed by atoms with Gasteiger partial charge in [-0.15, -0.1) is 11.3 Å². The Labute approximate surface area is 200 Å². The van der Waals surface area contributed by atoms with Gasteiger partial charge in [0, 0.05) is 18.0 Å². The second-order valence-corrected chi connectivity index (χ2v) is 10.2. The van der Waals surface area contributed by atoms with Crippen molar-refractivity contribution in [3.8, 4) is 0 Å². The lowest BCUT2D eigenvalue weighted by molar-refractivity contribution is -0.116. The molecule has 2 amide bonds. The molecule has 0 aromatic carbocycles. The quantitative estimate of drug-likeness (QED) is 0.478. The number of aryl methyl sites for hydroxylation is 2. The van der Waals surface area contributed by atoms with Gasteiger partial charge < -0.3 is 15.6 Å². The summed E-state index contributed by atoms with van der Waals surface area (Å²) in [5.74, 6) is -1.02. The fourth-order valence-electron chi connectivity index (χ4n) is 4.47. The fourth-order valence-corrected chi connectivity index (χ4v) is 5.78. The van der Waals surface area contributed by atoms with Crippen molar-refractivity contribution in [1.82, 2.24) is 18.7 Å². The molecular formula is C23H30N6O4S. The lowest BCUT2D eigenvalue weighted by Gasteiger charge is -2.14. The first-order valence-electron chi connectivity index (χ1n) is 11.7. The Kier molecular flexibility index (Phi) is 6.74. The van der Waals surface area contributed by atoms with Gasteiger partial charge in [-0.1, -0.05) is 27.2 Å². The zero-order chi connectivity index (χ0) is 24.6. The van der Waals surface area contributed by atoms with Crippen LogP contribution in [0.25, 0.3) is 11.2 Å². The van der Waals surface area contributed by atoms with Crippen LogP contribution >= 0.6 is 11.3 Å². The molecular weight excluding hydrogens is 456 g/mol. The second-order valence-electron chi connectivity index (χ2n) is 9.12. The highest BCUT2D eigenvalue weighted by molar-refractivity contribution is 7.17. The summed E-state index contributed by atoms with van der Waals surface area (Å²) in [5.41, 5.74) is 6.33. The molecule has 0 aliphatic heterocycles. The van der Waals surface area contributed by atoms with Crippen LogP contribution < -0.4 is 22.3 Å². The van der Waals surface area contributed by atoms with Crippen molar-refractivity contribution in [1.29, 1.82) is 0 Å². The number of rotatable bonds is 9. The largest absolute Gasteiger partial charge is 0.365 e. The molecule has 3 aromatic rings. The number of fused-ring (bicyclic) bond motifs is 2. The van der Waals surface area contributed by atoms with Gasteiger partial charge in [-0.3, -0.25) is 19.0 Å². The number of imidazole rings is 1. The van der Waals surface area contributed by atoms with Crippen LogP contribution in [0.15, 0.2) is 15.9 Å². The maximum absolute atomic E-state index is 13.3. The van der Waals surface area contributed by atoms with Crippen molar-refractivity contribution in [2.24, 2.45) is 11.7 Å². The maximum Gasteiger partial charge on any atom is 0.333 e. The van der Waals surface area contributed by atoms with Crippen LogP contribution in [0.2, 0.25) is 0 Å². The van der Waals surface area contributed by atoms with Gasteiger partial charge in [0.15, 0.2) is 11.2 Å². The highest BCUT2D eigenvalue weighted by Crippen LogP contribution is 2.38. The summed E-state index contributed by atoms with van der Waals surface area (Å²) in [7, 11) is 0. The number of anilines is 1. The Morgan fingerprint density at radius 3 is 2.68 bits per heavy atom. The third kappa shape index (κ3) is 4.31. The van der Waals surface area contributed by atoms with Gasteiger partial charge in [0.25, 0.3) is 11.5 Å². The molecule has 3 N–H and O–H groups in total. The molecule has 0 fully saturated rings. The minimum atomic E-state index is -0.590. The SMILES string of the molecule is CCCCn1cnc2c1c(=O)n(CC(=O)Nc1sc3c(c1C(N)=O)CCC3)c(=O)n2CC(C)C. The van der Waals surface area contributed by atoms with Crippen LogP contribution in [0, 0.1) is 5.92 Å². The van der Waals surface area contributed by atoms with E-state index in [1.54, 1.807) is 10.9 Å². The summed E-state index contributed by atoms with van der Waals surface area (Å²) >= 11 is 1.33. The molecule has 3 heterocycles. The van der Waals surface area contributed by atoms with Gasteiger partial charge in [0.05, 0.1) is 11.9 Å². The van der Waals surface area contributed by atoms with Crippen molar-refractivity contribution < 1.29 is 9.59 Å². The predicted molar refractivity (Wildman–Crippen MR) is 131 cm³/mol. The summed E-state index contributed by atoms with van der Waals surface area (Å²) in [5, 5.41) is 3.11. The highest BCUT2D eigenvalue weighted by Gasteiger charge is 2.27. The van der Waals surface area contributed by atoms with Crippen LogP contribution in [0.4, 0.5) is 5.00 Å². The number of amides is 2. The molecule has 10 nitrogen and oxygen atoms in total. The Morgan fingerprint density at radius 2 is 2.00 bits per heavy atom. The molecule has 0 radical (unpaired) electrons. The fraction of sp³-hybridized carbons (Fsp3) is 0.522. The number of hydrogen-bond donors (Lipinski definition) is 2. The molecule has 3 aromatic heterocycles. The number of primary amides is 1. The topological polar surface area (TPSA) is 134 Å². The Morgan fingerprint density at radius 1 is 1.24 bits per heavy atom. The molecule has 0 atom stereocenters. The third-order valence-corrected chi connectivity index (χ3v) is 7.21. The first-order chi connectivity index (χ1) is 16.2. The van der Waals surface area contributed by atoms with E-state index in [1.807, 2.05) is 13.8 Å². The zero-order valence-corrected chi connectivity index (χ0v) is 20.5. The standard InChI is InChI=1S/C23H30N6O4S/c1-4-5-9-27-12-25-20-18(27)22(32)29(23(33)28(20)10-13(2)3)11-16(30)26-21-17(19(24)31)14-7-6-8-15(14)34-21/h12-13H,4-11H2,1-3H3,(H2,24,31)(H,26,30). The number of thiophene rings is 1. The van der Waals surface area contributed by atoms with Crippen molar-refractivity contribution in [3.05, 3.63) is 43.2 Å². The van der Waals surface area contributed by atoms with Gasteiger partial charge in [-0.25, -0.2) is 14.3 Å². The van der Waals surface area contributed by atoms with Gasteiger partial charge >= 0.3 is 5.69 Å². The lowest BCUT2D eigenvalue weighted by Crippen LogP contribution is -2.43. The molecule has 0 spiro atoms. The predicted octanol–water partition coefficient (Wildman–Crippen LogP) is 2.10. The Bertz CT molecular complexity index is 1380. The summed E-state index contributed by atoms with van der Waals surface area (Å²) in [6, 6.07) is 0. The minimum Gasteiger partial charge on any atom is -0.365 e. The molecule has 34 heavy (non-hydrogen) atoms. The average Bonchev–Trinajstić information content (AvgIpc) is 3.46. The van der Waals surface area contributed by atoms with E-state index >= 15 is 0 Å². The van der Waals surface area contributed by atoms with Crippen molar-refractivity contribution in [3.63, 3.8) is 0 Å². The summed E-state index contributed by atoms with van der Waals surface area (Å²) in [6.07, 6.45) is 5.91. The van der Waals surface area contributed by atoms with Crippen LogP contribution in [0.5, 0.6) is 0 Å². The molecule has 0 saturated heterocycles. The van der Waals surface area contributed by atoms with Crippen LogP contribution in [-0.2, 0) is 37.3 Å². The monoisotopic (exact) mass is 486 g/mol. The molecule has 0 bridgehead atoms. The molecule has 1 aliphatic rings. The average molecular weight is 487 g/mol. The summed E-state index contributed by atoms with van der Waals surface area (Å²) in [6.45, 7) is 6.48. The third-order valence-electron chi connectivity index (χ3n) is 6.01. The van der Waals surface area contributed by atoms with E-state index in [2.05, 4.69) is 17.2 Å². The van der Waals surface area contributed by atoms with Gasteiger partial charge in [-0.05, 0) is 37.2 Å². The maximum atomic E-state index is 13.3. The van der Waals surface area contributed by atoms with Crippen LogP contribution in [0.3, 0.4) is 0 Å². The normalized spacial score (nSPS) is 13.1. The van der Waals surface area contributed by atoms with Gasteiger partial charge in [0.2, 0.25) is 5.91 Å². The highest BCUT2D eigenvalue weighted by atomic mass is 32.1. The molecule has 4 rings (SSSR count). The summed E-state index contributed by atoms with van der Waals surface area (Å²) in [4.78, 5) is 57.0. The van der Waals surface area contributed by atoms with E-state index < -0.39 is 29.6 Å². The van der Waals surface area contributed by atoms with E-state index in [0.29, 0.717) is 34.8 Å². The number of nitrogens with two attached hydrogens (primary N) is 1. The molecule has 0 saturated carbocycles. The van der Waals surface area contributed by atoms with Crippen LogP contribution in [-0.4, -0.2) is 30.5 Å². The number of nitrogens with one attached hydrogen (secondary N) is 1. The first-order valence-corrected chi connectivity index (χ1v) is 12.5. The van der Waals surface area contributed by atoms with E-state index in [0.717, 1.165) is 47.1 Å². The lowest BCUT2D eigenvalue weighted by atomic mass is 10.1. The number of carbonyl (C=O) groups excluding carboxylic acids is 2. The molecule has 1 aliphatic carbocycles. The van der Waals surface area contributed by atoms with Gasteiger partial charge in [0.1, 0.15) is 11.5 Å². The number of nitrogens with zero attached hydrogens (tertiary/aromatic N) is 4. The van der Waals surface area contributed by atoms with E-state index in [4.69, 9.17) is 5.73 Å². The van der Waals surface area contributed by atoms with Crippen molar-refractivity contribution in [2.75, 3.05) is 5.32 Å².